The molecule has 152 valence electrons. The van der Waals surface area contributed by atoms with Gasteiger partial charge in [-0.15, -0.1) is 12.4 Å². The average Bonchev–Trinajstić information content (AvgIpc) is 3.24. The van der Waals surface area contributed by atoms with E-state index in [1.165, 1.54) is 51.5 Å². The fraction of sp³-hybridized carbons (Fsp3) is 0.520. The normalized spacial score (nSPS) is 21.8. The van der Waals surface area contributed by atoms with Gasteiger partial charge in [-0.25, -0.2) is 0 Å². The summed E-state index contributed by atoms with van der Waals surface area (Å²) >= 11 is 0. The van der Waals surface area contributed by atoms with E-state index in [2.05, 4.69) is 35.2 Å². The lowest BCUT2D eigenvalue weighted by atomic mass is 9.69. The van der Waals surface area contributed by atoms with Crippen LogP contribution in [0, 0.1) is 0 Å². The number of halogens is 1. The number of likely N-dealkylation sites (tertiary alicyclic amines) is 1. The van der Waals surface area contributed by atoms with E-state index in [0.29, 0.717) is 11.5 Å². The van der Waals surface area contributed by atoms with Gasteiger partial charge in [0.15, 0.2) is 0 Å². The number of piperidine rings is 1. The third kappa shape index (κ3) is 4.72. The Hall–Kier alpha value is -1.51. The van der Waals surface area contributed by atoms with Crippen LogP contribution in [0.25, 0.3) is 0 Å². The Kier molecular flexibility index (Phi) is 7.82. The van der Waals surface area contributed by atoms with Crippen LogP contribution in [-0.4, -0.2) is 30.6 Å². The zero-order valence-corrected chi connectivity index (χ0v) is 17.7. The molecule has 1 aliphatic carbocycles. The summed E-state index contributed by atoms with van der Waals surface area (Å²) in [6.07, 6.45) is 10.7. The summed E-state index contributed by atoms with van der Waals surface area (Å²) < 4.78 is 5.94. The number of para-hydroxylation sites is 1. The molecular weight excluding hydrogens is 366 g/mol. The highest BCUT2D eigenvalue weighted by Gasteiger charge is 2.45. The van der Waals surface area contributed by atoms with Gasteiger partial charge in [0.2, 0.25) is 0 Å². The van der Waals surface area contributed by atoms with E-state index >= 15 is 0 Å². The highest BCUT2D eigenvalue weighted by Crippen LogP contribution is 2.48. The second-order valence-electron chi connectivity index (χ2n) is 8.29. The maximum atomic E-state index is 5.94. The highest BCUT2D eigenvalue weighted by atomic mass is 35.5. The molecule has 4 rings (SSSR count). The van der Waals surface area contributed by atoms with Crippen LogP contribution in [0.1, 0.15) is 56.9 Å². The molecule has 2 aromatic rings. The lowest BCUT2D eigenvalue weighted by Gasteiger charge is -2.47. The van der Waals surface area contributed by atoms with Crippen molar-refractivity contribution < 1.29 is 4.74 Å². The van der Waals surface area contributed by atoms with E-state index in [1.807, 2.05) is 30.3 Å². The Bertz CT molecular complexity index is 684. The van der Waals surface area contributed by atoms with Gasteiger partial charge in [-0.1, -0.05) is 67.8 Å². The van der Waals surface area contributed by atoms with E-state index in [0.717, 1.165) is 25.3 Å². The quantitative estimate of drug-likeness (QED) is 0.510. The number of nitrogens with zero attached hydrogens (tertiary/aromatic N) is 1. The van der Waals surface area contributed by atoms with Crippen molar-refractivity contribution in [2.75, 3.05) is 19.7 Å². The summed E-state index contributed by atoms with van der Waals surface area (Å²) in [5, 5.41) is 0. The third-order valence-electron chi connectivity index (χ3n) is 6.70. The van der Waals surface area contributed by atoms with Crippen LogP contribution in [0.15, 0.2) is 60.7 Å². The highest BCUT2D eigenvalue weighted by molar-refractivity contribution is 5.85. The molecule has 1 atom stereocenters. The molecule has 2 nitrogen and oxygen atoms in total. The standard InChI is InChI=1S/C25H33NO.ClH/c1-3-12-22(13-4-1)25(17-8-9-18-25)24-16-7-10-19-26(24)20-11-21-27-23-14-5-2-6-15-23;/h1-6,12-15,24H,7-11,16-21H2;1H. The van der Waals surface area contributed by atoms with E-state index in [4.69, 9.17) is 4.74 Å². The predicted octanol–water partition coefficient (Wildman–Crippen LogP) is 6.24. The van der Waals surface area contributed by atoms with Crippen LogP contribution in [0.3, 0.4) is 0 Å². The van der Waals surface area contributed by atoms with Crippen molar-refractivity contribution >= 4 is 12.4 Å². The molecule has 0 bridgehead atoms. The largest absolute Gasteiger partial charge is 0.494 e. The smallest absolute Gasteiger partial charge is 0.119 e. The molecule has 2 fully saturated rings. The minimum Gasteiger partial charge on any atom is -0.494 e. The Morgan fingerprint density at radius 1 is 0.857 bits per heavy atom. The molecule has 3 heteroatoms. The Labute approximate surface area is 176 Å². The zero-order valence-electron chi connectivity index (χ0n) is 16.9. The van der Waals surface area contributed by atoms with Crippen molar-refractivity contribution in [2.24, 2.45) is 0 Å². The van der Waals surface area contributed by atoms with Gasteiger partial charge in [0.25, 0.3) is 0 Å². The van der Waals surface area contributed by atoms with Crippen LogP contribution in [0.2, 0.25) is 0 Å². The van der Waals surface area contributed by atoms with Crippen LogP contribution in [0.4, 0.5) is 0 Å². The summed E-state index contributed by atoms with van der Waals surface area (Å²) in [6.45, 7) is 3.22. The molecule has 28 heavy (non-hydrogen) atoms. The molecule has 2 aromatic carbocycles. The van der Waals surface area contributed by atoms with Crippen molar-refractivity contribution in [1.29, 1.82) is 0 Å². The molecule has 2 aliphatic rings. The fourth-order valence-electron chi connectivity index (χ4n) is 5.45. The molecule has 1 heterocycles. The summed E-state index contributed by atoms with van der Waals surface area (Å²) in [4.78, 5) is 2.80. The van der Waals surface area contributed by atoms with Gasteiger partial charge in [-0.2, -0.15) is 0 Å². The maximum absolute atomic E-state index is 5.94. The van der Waals surface area contributed by atoms with Gasteiger partial charge in [0.05, 0.1) is 6.61 Å². The Balaban J connectivity index is 0.00000225. The van der Waals surface area contributed by atoms with E-state index < -0.39 is 0 Å². The first-order chi connectivity index (χ1) is 13.4. The summed E-state index contributed by atoms with van der Waals surface area (Å²) in [5.74, 6) is 0.990. The summed E-state index contributed by atoms with van der Waals surface area (Å²) in [5.41, 5.74) is 1.96. The first-order valence-electron chi connectivity index (χ1n) is 10.9. The first-order valence-corrected chi connectivity index (χ1v) is 10.9. The topological polar surface area (TPSA) is 12.5 Å². The molecule has 0 spiro atoms. The van der Waals surface area contributed by atoms with Crippen molar-refractivity contribution in [1.82, 2.24) is 4.90 Å². The SMILES string of the molecule is Cl.c1ccc(OCCCN2CCCCC2C2(c3ccccc3)CCCC2)cc1. The van der Waals surface area contributed by atoms with Crippen molar-refractivity contribution in [2.45, 2.75) is 62.8 Å². The number of hydrogen-bond acceptors (Lipinski definition) is 2. The van der Waals surface area contributed by atoms with Gasteiger partial charge in [-0.05, 0) is 56.3 Å². The molecule has 1 saturated heterocycles. The van der Waals surface area contributed by atoms with Crippen molar-refractivity contribution in [3.8, 4) is 5.75 Å². The van der Waals surface area contributed by atoms with Gasteiger partial charge in [-0.3, -0.25) is 4.90 Å². The molecule has 1 unspecified atom stereocenters. The van der Waals surface area contributed by atoms with Crippen LogP contribution >= 0.6 is 12.4 Å². The van der Waals surface area contributed by atoms with Crippen LogP contribution < -0.4 is 4.74 Å². The van der Waals surface area contributed by atoms with Crippen molar-refractivity contribution in [3.05, 3.63) is 66.2 Å². The van der Waals surface area contributed by atoms with Crippen molar-refractivity contribution in [3.63, 3.8) is 0 Å². The maximum Gasteiger partial charge on any atom is 0.119 e. The predicted molar refractivity (Wildman–Crippen MR) is 120 cm³/mol. The average molecular weight is 400 g/mol. The van der Waals surface area contributed by atoms with Gasteiger partial charge in [0, 0.05) is 18.0 Å². The molecule has 1 saturated carbocycles. The minimum atomic E-state index is 0. The zero-order chi connectivity index (χ0) is 18.4. The van der Waals surface area contributed by atoms with Gasteiger partial charge in [0.1, 0.15) is 5.75 Å². The Morgan fingerprint density at radius 3 is 2.25 bits per heavy atom. The van der Waals surface area contributed by atoms with E-state index in [1.54, 1.807) is 5.56 Å². The monoisotopic (exact) mass is 399 g/mol. The summed E-state index contributed by atoms with van der Waals surface area (Å²) in [6, 6.07) is 22.3. The number of ether oxygens (including phenoxy) is 1. The van der Waals surface area contributed by atoms with E-state index in [9.17, 15) is 0 Å². The van der Waals surface area contributed by atoms with Crippen LogP contribution in [0.5, 0.6) is 5.75 Å². The van der Waals surface area contributed by atoms with Gasteiger partial charge < -0.3 is 4.74 Å². The molecule has 0 N–H and O–H groups in total. The first kappa shape index (κ1) is 21.2. The molecule has 1 aliphatic heterocycles. The second kappa shape index (κ2) is 10.3. The fourth-order valence-corrected chi connectivity index (χ4v) is 5.45. The molecule has 0 radical (unpaired) electrons. The minimum absolute atomic E-state index is 0. The number of benzene rings is 2. The lowest BCUT2D eigenvalue weighted by Crippen LogP contribution is -2.52. The number of hydrogen-bond donors (Lipinski definition) is 0. The second-order valence-corrected chi connectivity index (χ2v) is 8.29. The summed E-state index contributed by atoms with van der Waals surface area (Å²) in [7, 11) is 0. The molecule has 0 aromatic heterocycles. The molecular formula is C25H34ClNO. The van der Waals surface area contributed by atoms with E-state index in [-0.39, 0.29) is 12.4 Å². The molecule has 0 amide bonds. The Morgan fingerprint density at radius 2 is 1.54 bits per heavy atom. The third-order valence-corrected chi connectivity index (χ3v) is 6.70. The van der Waals surface area contributed by atoms with Gasteiger partial charge >= 0.3 is 0 Å². The number of rotatable bonds is 7. The lowest BCUT2D eigenvalue weighted by molar-refractivity contribution is 0.0740. The van der Waals surface area contributed by atoms with Crippen LogP contribution in [-0.2, 0) is 5.41 Å².